The molecule has 0 radical (unpaired) electrons. The molecule has 9 nitrogen and oxygen atoms in total. The number of sulfonamides is 1. The largest absolute Gasteiger partial charge is 0.350 e. The van der Waals surface area contributed by atoms with E-state index in [4.69, 9.17) is 0 Å². The lowest BCUT2D eigenvalue weighted by Gasteiger charge is -2.31. The first-order valence-electron chi connectivity index (χ1n) is 9.22. The molecule has 0 aliphatic carbocycles. The van der Waals surface area contributed by atoms with E-state index in [0.717, 1.165) is 16.7 Å². The maximum Gasteiger partial charge on any atom is 0.246 e. The zero-order valence-corrected chi connectivity index (χ0v) is 18.6. The second-order valence-corrected chi connectivity index (χ2v) is 9.68. The van der Waals surface area contributed by atoms with Crippen molar-refractivity contribution in [2.45, 2.75) is 44.7 Å². The fraction of sp³-hybridized carbons (Fsp3) is 0.588. The molecular weight excluding hydrogens is 448 g/mol. The van der Waals surface area contributed by atoms with E-state index < -0.39 is 10.0 Å². The maximum atomic E-state index is 13.0. The number of halogens is 1. The van der Waals surface area contributed by atoms with Gasteiger partial charge in [0.2, 0.25) is 15.9 Å². The Labute approximate surface area is 173 Å². The third kappa shape index (κ3) is 4.15. The van der Waals surface area contributed by atoms with Crippen LogP contribution in [0.1, 0.15) is 31.2 Å². The van der Waals surface area contributed by atoms with Crippen LogP contribution in [0.2, 0.25) is 0 Å². The smallest absolute Gasteiger partial charge is 0.246 e. The van der Waals surface area contributed by atoms with Gasteiger partial charge in [-0.3, -0.25) is 14.2 Å². The van der Waals surface area contributed by atoms with Crippen molar-refractivity contribution in [3.8, 4) is 0 Å². The van der Waals surface area contributed by atoms with E-state index in [1.165, 1.54) is 15.2 Å². The molecule has 1 aliphatic rings. The summed E-state index contributed by atoms with van der Waals surface area (Å²) in [6, 6.07) is 0. The summed E-state index contributed by atoms with van der Waals surface area (Å²) >= 11 is 3.44. The highest BCUT2D eigenvalue weighted by Crippen LogP contribution is 2.25. The number of carbonyl (C=O) groups excluding carboxylic acids is 1. The molecule has 1 atom stereocenters. The van der Waals surface area contributed by atoms with Gasteiger partial charge >= 0.3 is 0 Å². The summed E-state index contributed by atoms with van der Waals surface area (Å²) in [6.07, 6.45) is 4.54. The van der Waals surface area contributed by atoms with Gasteiger partial charge in [-0.15, -0.1) is 0 Å². The Hall–Kier alpha value is -1.72. The van der Waals surface area contributed by atoms with Crippen LogP contribution in [0.4, 0.5) is 0 Å². The van der Waals surface area contributed by atoms with E-state index in [9.17, 15) is 13.2 Å². The minimum absolute atomic E-state index is 0.152. The molecule has 1 N–H and O–H groups in total. The second kappa shape index (κ2) is 8.34. The number of nitrogens with zero attached hydrogens (tertiary/aromatic N) is 5. The number of piperidine rings is 1. The summed E-state index contributed by atoms with van der Waals surface area (Å²) < 4.78 is 31.5. The van der Waals surface area contributed by atoms with E-state index in [-0.39, 0.29) is 23.3 Å². The van der Waals surface area contributed by atoms with E-state index in [0.29, 0.717) is 31.6 Å². The predicted molar refractivity (Wildman–Crippen MR) is 107 cm³/mol. The summed E-state index contributed by atoms with van der Waals surface area (Å²) in [5.74, 6) is -0.534. The van der Waals surface area contributed by atoms with Gasteiger partial charge in [-0.2, -0.15) is 14.5 Å². The van der Waals surface area contributed by atoms with Crippen LogP contribution in [0.15, 0.2) is 21.8 Å². The van der Waals surface area contributed by atoms with E-state index >= 15 is 0 Å². The SMILES string of the molecule is CCn1cc(Br)c(CNC(=O)C2CCCN(S(=O)(=O)c3cnn(C)c3C)C2)n1. The Kier molecular flexibility index (Phi) is 6.25. The Balaban J connectivity index is 1.66. The highest BCUT2D eigenvalue weighted by Gasteiger charge is 2.35. The summed E-state index contributed by atoms with van der Waals surface area (Å²) in [6.45, 7) is 5.34. The molecule has 0 bridgehead atoms. The molecule has 0 aromatic carbocycles. The lowest BCUT2D eigenvalue weighted by molar-refractivity contribution is -0.126. The predicted octanol–water partition coefficient (Wildman–Crippen LogP) is 1.42. The van der Waals surface area contributed by atoms with Gasteiger partial charge in [0, 0.05) is 32.9 Å². The van der Waals surface area contributed by atoms with Crippen molar-refractivity contribution in [3.63, 3.8) is 0 Å². The minimum atomic E-state index is -3.67. The second-order valence-electron chi connectivity index (χ2n) is 6.92. The Morgan fingerprint density at radius 3 is 2.79 bits per heavy atom. The molecule has 1 saturated heterocycles. The molecule has 11 heteroatoms. The average molecular weight is 473 g/mol. The molecule has 2 aromatic rings. The first-order chi connectivity index (χ1) is 13.2. The zero-order valence-electron chi connectivity index (χ0n) is 16.2. The third-order valence-electron chi connectivity index (χ3n) is 5.10. The van der Waals surface area contributed by atoms with Gasteiger partial charge in [-0.1, -0.05) is 0 Å². The van der Waals surface area contributed by atoms with Crippen molar-refractivity contribution >= 4 is 31.9 Å². The lowest BCUT2D eigenvalue weighted by Crippen LogP contribution is -2.45. The molecule has 3 heterocycles. The van der Waals surface area contributed by atoms with Gasteiger partial charge in [0.05, 0.1) is 34.5 Å². The van der Waals surface area contributed by atoms with Crippen LogP contribution in [-0.2, 0) is 35.0 Å². The van der Waals surface area contributed by atoms with Crippen molar-refractivity contribution in [1.29, 1.82) is 0 Å². The van der Waals surface area contributed by atoms with Crippen molar-refractivity contribution < 1.29 is 13.2 Å². The van der Waals surface area contributed by atoms with Gasteiger partial charge in [0.1, 0.15) is 4.90 Å². The average Bonchev–Trinajstić information content (AvgIpc) is 3.22. The van der Waals surface area contributed by atoms with E-state index in [1.54, 1.807) is 18.7 Å². The van der Waals surface area contributed by atoms with Crippen LogP contribution in [0.3, 0.4) is 0 Å². The molecule has 28 heavy (non-hydrogen) atoms. The number of aryl methyl sites for hydroxylation is 2. The van der Waals surface area contributed by atoms with E-state index in [2.05, 4.69) is 31.4 Å². The van der Waals surface area contributed by atoms with E-state index in [1.807, 2.05) is 13.1 Å². The molecule has 1 unspecified atom stereocenters. The first kappa shape index (κ1) is 21.0. The quantitative estimate of drug-likeness (QED) is 0.684. The number of rotatable bonds is 6. The highest BCUT2D eigenvalue weighted by atomic mass is 79.9. The molecule has 1 aliphatic heterocycles. The van der Waals surface area contributed by atoms with Crippen molar-refractivity contribution in [2.24, 2.45) is 13.0 Å². The topological polar surface area (TPSA) is 102 Å². The third-order valence-corrected chi connectivity index (χ3v) is 7.73. The number of carbonyl (C=O) groups is 1. The molecule has 0 saturated carbocycles. The van der Waals surface area contributed by atoms with Crippen molar-refractivity contribution in [1.82, 2.24) is 29.2 Å². The van der Waals surface area contributed by atoms with Crippen molar-refractivity contribution in [2.75, 3.05) is 13.1 Å². The molecule has 1 amide bonds. The molecule has 3 rings (SSSR count). The minimum Gasteiger partial charge on any atom is -0.350 e. The molecule has 0 spiro atoms. The molecule has 154 valence electrons. The number of nitrogens with one attached hydrogen (secondary N) is 1. The van der Waals surface area contributed by atoms with Crippen LogP contribution in [0, 0.1) is 12.8 Å². The van der Waals surface area contributed by atoms with Crippen LogP contribution < -0.4 is 5.32 Å². The fourth-order valence-corrected chi connectivity index (χ4v) is 5.45. The van der Waals surface area contributed by atoms with Crippen LogP contribution in [0.5, 0.6) is 0 Å². The summed E-state index contributed by atoms with van der Waals surface area (Å²) in [4.78, 5) is 12.8. The summed E-state index contributed by atoms with van der Waals surface area (Å²) in [5.41, 5.74) is 1.34. The normalized spacial score (nSPS) is 18.4. The zero-order chi connectivity index (χ0) is 20.5. The molecular formula is C17H25BrN6O3S. The van der Waals surface area contributed by atoms with Crippen LogP contribution in [0.25, 0.3) is 0 Å². The van der Waals surface area contributed by atoms with Gasteiger partial charge in [-0.25, -0.2) is 8.42 Å². The van der Waals surface area contributed by atoms with Crippen molar-refractivity contribution in [3.05, 3.63) is 28.3 Å². The standard InChI is InChI=1S/C17H25BrN6O3S/c1-4-23-11-14(18)15(21-23)8-19-17(25)13-6-5-7-24(10-13)28(26,27)16-9-20-22(3)12(16)2/h9,11,13H,4-8,10H2,1-3H3,(H,19,25). The Bertz CT molecular complexity index is 968. The lowest BCUT2D eigenvalue weighted by atomic mass is 9.99. The Morgan fingerprint density at radius 1 is 1.43 bits per heavy atom. The highest BCUT2D eigenvalue weighted by molar-refractivity contribution is 9.10. The van der Waals surface area contributed by atoms with Gasteiger partial charge < -0.3 is 5.32 Å². The number of aromatic nitrogens is 4. The molecule has 1 fully saturated rings. The summed E-state index contributed by atoms with van der Waals surface area (Å²) in [7, 11) is -1.96. The van der Waals surface area contributed by atoms with Crippen LogP contribution in [-0.4, -0.2) is 51.3 Å². The first-order valence-corrected chi connectivity index (χ1v) is 11.5. The monoisotopic (exact) mass is 472 g/mol. The number of amides is 1. The summed E-state index contributed by atoms with van der Waals surface area (Å²) in [5, 5.41) is 11.3. The number of hydrogen-bond donors (Lipinski definition) is 1. The van der Waals surface area contributed by atoms with Gasteiger partial charge in [0.25, 0.3) is 0 Å². The fourth-order valence-electron chi connectivity index (χ4n) is 3.28. The molecule has 2 aromatic heterocycles. The van der Waals surface area contributed by atoms with Gasteiger partial charge in [-0.05, 0) is 42.6 Å². The Morgan fingerprint density at radius 2 is 2.18 bits per heavy atom. The van der Waals surface area contributed by atoms with Gasteiger partial charge in [0.15, 0.2) is 0 Å². The number of hydrogen-bond acceptors (Lipinski definition) is 5. The maximum absolute atomic E-state index is 13.0. The van der Waals surface area contributed by atoms with Crippen LogP contribution >= 0.6 is 15.9 Å².